The van der Waals surface area contributed by atoms with Crippen molar-refractivity contribution in [1.29, 1.82) is 0 Å². The Kier molecular flexibility index (Phi) is 2.61. The minimum atomic E-state index is -0.0154. The summed E-state index contributed by atoms with van der Waals surface area (Å²) in [6.45, 7) is 3.75. The zero-order valence-corrected chi connectivity index (χ0v) is 10.2. The summed E-state index contributed by atoms with van der Waals surface area (Å²) < 4.78 is 2.82. The molecule has 2 rings (SSSR count). The average molecular weight is 267 g/mol. The van der Waals surface area contributed by atoms with E-state index in [1.54, 1.807) is 6.20 Å². The standard InChI is InChI=1S/C11H11BrN2O/c1-7(2)11(15)9-6-14-5-8(12)3-4-10(14)13-9/h3-7H,1-2H3. The summed E-state index contributed by atoms with van der Waals surface area (Å²) in [5.74, 6) is 0.0631. The number of halogens is 1. The Morgan fingerprint density at radius 2 is 2.13 bits per heavy atom. The molecule has 4 heteroatoms. The number of nitrogens with zero attached hydrogens (tertiary/aromatic N) is 2. The second-order valence-corrected chi connectivity index (χ2v) is 4.67. The lowest BCUT2D eigenvalue weighted by Crippen LogP contribution is -2.07. The monoisotopic (exact) mass is 266 g/mol. The van der Waals surface area contributed by atoms with Crippen molar-refractivity contribution in [3.63, 3.8) is 0 Å². The summed E-state index contributed by atoms with van der Waals surface area (Å²) >= 11 is 3.37. The van der Waals surface area contributed by atoms with E-state index in [0.29, 0.717) is 5.69 Å². The van der Waals surface area contributed by atoms with Gasteiger partial charge in [-0.25, -0.2) is 4.98 Å². The Morgan fingerprint density at radius 3 is 2.80 bits per heavy atom. The maximum atomic E-state index is 11.7. The van der Waals surface area contributed by atoms with Gasteiger partial charge < -0.3 is 4.40 Å². The largest absolute Gasteiger partial charge is 0.305 e. The van der Waals surface area contributed by atoms with E-state index in [2.05, 4.69) is 20.9 Å². The van der Waals surface area contributed by atoms with Crippen LogP contribution in [0.1, 0.15) is 24.3 Å². The van der Waals surface area contributed by atoms with Crippen LogP contribution in [0.25, 0.3) is 5.65 Å². The smallest absolute Gasteiger partial charge is 0.185 e. The molecule has 0 aliphatic carbocycles. The van der Waals surface area contributed by atoms with Crippen LogP contribution < -0.4 is 0 Å². The first-order valence-corrected chi connectivity index (χ1v) is 5.55. The highest BCUT2D eigenvalue weighted by atomic mass is 79.9. The minimum Gasteiger partial charge on any atom is -0.305 e. The Labute approximate surface area is 96.3 Å². The molecule has 15 heavy (non-hydrogen) atoms. The van der Waals surface area contributed by atoms with Crippen molar-refractivity contribution < 1.29 is 4.79 Å². The molecule has 0 bridgehead atoms. The molecule has 0 spiro atoms. The summed E-state index contributed by atoms with van der Waals surface area (Å²) in [5, 5.41) is 0. The lowest BCUT2D eigenvalue weighted by atomic mass is 10.1. The van der Waals surface area contributed by atoms with Gasteiger partial charge in [0.25, 0.3) is 0 Å². The third-order valence-corrected chi connectivity index (χ3v) is 2.66. The maximum absolute atomic E-state index is 11.7. The van der Waals surface area contributed by atoms with E-state index in [4.69, 9.17) is 0 Å². The minimum absolute atomic E-state index is 0.0154. The van der Waals surface area contributed by atoms with Crippen LogP contribution in [-0.2, 0) is 0 Å². The molecule has 0 atom stereocenters. The molecule has 0 aliphatic rings. The van der Waals surface area contributed by atoms with Crippen molar-refractivity contribution in [2.45, 2.75) is 13.8 Å². The van der Waals surface area contributed by atoms with E-state index < -0.39 is 0 Å². The van der Waals surface area contributed by atoms with Crippen molar-refractivity contribution in [2.75, 3.05) is 0 Å². The second kappa shape index (κ2) is 3.77. The number of carbonyl (C=O) groups excluding carboxylic acids is 1. The predicted molar refractivity (Wildman–Crippen MR) is 62.1 cm³/mol. The van der Waals surface area contributed by atoms with Crippen LogP contribution in [-0.4, -0.2) is 15.2 Å². The van der Waals surface area contributed by atoms with Crippen LogP contribution in [0.3, 0.4) is 0 Å². The topological polar surface area (TPSA) is 34.4 Å². The van der Waals surface area contributed by atoms with E-state index in [-0.39, 0.29) is 11.7 Å². The number of aromatic nitrogens is 2. The van der Waals surface area contributed by atoms with Gasteiger partial charge in [-0.05, 0) is 28.1 Å². The highest BCUT2D eigenvalue weighted by Crippen LogP contribution is 2.14. The number of hydrogen-bond donors (Lipinski definition) is 0. The molecule has 0 N–H and O–H groups in total. The normalized spacial score (nSPS) is 11.2. The molecule has 0 aromatic carbocycles. The number of rotatable bonds is 2. The zero-order valence-electron chi connectivity index (χ0n) is 8.57. The molecule has 3 nitrogen and oxygen atoms in total. The SMILES string of the molecule is CC(C)C(=O)c1cn2cc(Br)ccc2n1. The zero-order chi connectivity index (χ0) is 11.0. The van der Waals surface area contributed by atoms with Crippen LogP contribution in [0, 0.1) is 5.92 Å². The van der Waals surface area contributed by atoms with Gasteiger partial charge >= 0.3 is 0 Å². The summed E-state index contributed by atoms with van der Waals surface area (Å²) in [6, 6.07) is 3.78. The van der Waals surface area contributed by atoms with E-state index in [1.165, 1.54) is 0 Å². The molecule has 0 fully saturated rings. The van der Waals surface area contributed by atoms with Crippen LogP contribution in [0.5, 0.6) is 0 Å². The van der Waals surface area contributed by atoms with Gasteiger partial charge in [0.2, 0.25) is 0 Å². The van der Waals surface area contributed by atoms with Crippen LogP contribution in [0.4, 0.5) is 0 Å². The number of imidazole rings is 1. The molecule has 0 saturated heterocycles. The van der Waals surface area contributed by atoms with Crippen molar-refractivity contribution in [3.8, 4) is 0 Å². The molecular formula is C11H11BrN2O. The Bertz CT molecular complexity index is 516. The Balaban J connectivity index is 2.52. The molecule has 0 radical (unpaired) electrons. The van der Waals surface area contributed by atoms with Crippen LogP contribution in [0.2, 0.25) is 0 Å². The summed E-state index contributed by atoms with van der Waals surface area (Å²) in [5.41, 5.74) is 1.32. The van der Waals surface area contributed by atoms with Crippen LogP contribution >= 0.6 is 15.9 Å². The van der Waals surface area contributed by atoms with Gasteiger partial charge in [0.05, 0.1) is 0 Å². The van der Waals surface area contributed by atoms with Crippen molar-refractivity contribution in [2.24, 2.45) is 5.92 Å². The van der Waals surface area contributed by atoms with Crippen molar-refractivity contribution in [3.05, 3.63) is 34.7 Å². The second-order valence-electron chi connectivity index (χ2n) is 3.76. The molecule has 78 valence electrons. The first kappa shape index (κ1) is 10.4. The number of hydrogen-bond acceptors (Lipinski definition) is 2. The fourth-order valence-corrected chi connectivity index (χ4v) is 1.73. The molecule has 2 aromatic heterocycles. The number of pyridine rings is 1. The van der Waals surface area contributed by atoms with Gasteiger partial charge in [-0.3, -0.25) is 4.79 Å². The van der Waals surface area contributed by atoms with Gasteiger partial charge in [-0.1, -0.05) is 13.8 Å². The van der Waals surface area contributed by atoms with Crippen molar-refractivity contribution >= 4 is 27.4 Å². The fraction of sp³-hybridized carbons (Fsp3) is 0.273. The molecular weight excluding hydrogens is 256 g/mol. The number of fused-ring (bicyclic) bond motifs is 1. The van der Waals surface area contributed by atoms with Gasteiger partial charge in [-0.2, -0.15) is 0 Å². The molecule has 0 saturated carbocycles. The Hall–Kier alpha value is -1.16. The average Bonchev–Trinajstić information content (AvgIpc) is 2.58. The maximum Gasteiger partial charge on any atom is 0.185 e. The van der Waals surface area contributed by atoms with E-state index in [1.807, 2.05) is 36.6 Å². The summed E-state index contributed by atoms with van der Waals surface area (Å²) in [7, 11) is 0. The molecule has 0 aliphatic heterocycles. The fourth-order valence-electron chi connectivity index (χ4n) is 1.38. The van der Waals surface area contributed by atoms with E-state index in [9.17, 15) is 4.79 Å². The van der Waals surface area contributed by atoms with Gasteiger partial charge in [0.15, 0.2) is 5.78 Å². The lowest BCUT2D eigenvalue weighted by molar-refractivity contribution is 0.0935. The highest BCUT2D eigenvalue weighted by molar-refractivity contribution is 9.10. The molecule has 0 amide bonds. The quantitative estimate of drug-likeness (QED) is 0.784. The van der Waals surface area contributed by atoms with Gasteiger partial charge in [0, 0.05) is 22.8 Å². The van der Waals surface area contributed by atoms with E-state index >= 15 is 0 Å². The molecule has 2 heterocycles. The number of carbonyl (C=O) groups is 1. The first-order valence-electron chi connectivity index (χ1n) is 4.76. The predicted octanol–water partition coefficient (Wildman–Crippen LogP) is 2.94. The molecule has 2 aromatic rings. The van der Waals surface area contributed by atoms with Gasteiger partial charge in [0.1, 0.15) is 11.3 Å². The summed E-state index contributed by atoms with van der Waals surface area (Å²) in [4.78, 5) is 16.0. The van der Waals surface area contributed by atoms with E-state index in [0.717, 1.165) is 10.1 Å². The van der Waals surface area contributed by atoms with Gasteiger partial charge in [-0.15, -0.1) is 0 Å². The lowest BCUT2D eigenvalue weighted by Gasteiger charge is -1.97. The molecule has 0 unspecified atom stereocenters. The van der Waals surface area contributed by atoms with Crippen LogP contribution in [0.15, 0.2) is 29.0 Å². The Morgan fingerprint density at radius 1 is 1.40 bits per heavy atom. The third-order valence-electron chi connectivity index (χ3n) is 2.19. The first-order chi connectivity index (χ1) is 7.08. The third kappa shape index (κ3) is 1.95. The van der Waals surface area contributed by atoms with Crippen molar-refractivity contribution in [1.82, 2.24) is 9.38 Å². The number of Topliss-reactive ketones (excluding diaryl/α,β-unsaturated/α-hetero) is 1. The summed E-state index contributed by atoms with van der Waals surface area (Å²) in [6.07, 6.45) is 3.65. The highest BCUT2D eigenvalue weighted by Gasteiger charge is 2.14. The number of ketones is 1.